The van der Waals surface area contributed by atoms with Crippen molar-refractivity contribution in [2.45, 2.75) is 81.7 Å². The van der Waals surface area contributed by atoms with Gasteiger partial charge in [-0.25, -0.2) is 8.42 Å². The molecule has 2 fully saturated rings. The lowest BCUT2D eigenvalue weighted by Crippen LogP contribution is -2.43. The van der Waals surface area contributed by atoms with Gasteiger partial charge in [-0.05, 0) is 62.3 Å². The number of hydrogen-bond donors (Lipinski definition) is 0. The molecule has 1 aromatic rings. The van der Waals surface area contributed by atoms with Crippen molar-refractivity contribution in [1.29, 1.82) is 0 Å². The quantitative estimate of drug-likeness (QED) is 0.808. The number of carbonyl (C=O) groups is 1. The molecule has 0 unspecified atom stereocenters. The van der Waals surface area contributed by atoms with Crippen LogP contribution in [0.5, 0.6) is 0 Å². The smallest absolute Gasteiger partial charge is 0.243 e. The molecule has 6 heteroatoms. The van der Waals surface area contributed by atoms with Crippen molar-refractivity contribution < 1.29 is 13.2 Å². The van der Waals surface area contributed by atoms with Gasteiger partial charge in [0.05, 0.1) is 4.90 Å². The molecule has 0 aromatic heterocycles. The molecule has 5 nitrogen and oxygen atoms in total. The molecule has 2 saturated carbocycles. The summed E-state index contributed by atoms with van der Waals surface area (Å²) in [5.74, 6) is 0.0170. The molecule has 0 saturated heterocycles. The first kappa shape index (κ1) is 18.0. The fourth-order valence-corrected chi connectivity index (χ4v) is 6.52. The number of hydrogen-bond acceptors (Lipinski definition) is 3. The Bertz CT molecular complexity index is 795. The number of aryl methyl sites for hydroxylation is 1. The summed E-state index contributed by atoms with van der Waals surface area (Å²) in [5, 5.41) is 0. The minimum Gasteiger partial charge on any atom is -0.312 e. The maximum Gasteiger partial charge on any atom is 0.243 e. The van der Waals surface area contributed by atoms with E-state index in [4.69, 9.17) is 0 Å². The number of amides is 1. The first-order chi connectivity index (χ1) is 12.5. The Morgan fingerprint density at radius 1 is 1.04 bits per heavy atom. The van der Waals surface area contributed by atoms with E-state index in [-0.39, 0.29) is 18.0 Å². The summed E-state index contributed by atoms with van der Waals surface area (Å²) in [5.41, 5.74) is 1.85. The lowest BCUT2D eigenvalue weighted by atomic mass is 9.95. The highest BCUT2D eigenvalue weighted by Gasteiger charge is 2.43. The van der Waals surface area contributed by atoms with E-state index in [2.05, 4.69) is 0 Å². The summed E-state index contributed by atoms with van der Waals surface area (Å²) < 4.78 is 28.8. The number of carbonyl (C=O) groups excluding carboxylic acids is 1. The van der Waals surface area contributed by atoms with Crippen LogP contribution in [0, 0.1) is 0 Å². The third-order valence-corrected chi connectivity index (χ3v) is 7.97. The van der Waals surface area contributed by atoms with E-state index in [1.807, 2.05) is 16.4 Å². The van der Waals surface area contributed by atoms with Gasteiger partial charge in [-0.15, -0.1) is 0 Å². The summed E-state index contributed by atoms with van der Waals surface area (Å²) >= 11 is 0. The molecule has 0 atom stereocenters. The Labute approximate surface area is 156 Å². The molecule has 26 heavy (non-hydrogen) atoms. The second kappa shape index (κ2) is 6.97. The van der Waals surface area contributed by atoms with Crippen molar-refractivity contribution in [3.63, 3.8) is 0 Å². The monoisotopic (exact) mass is 376 g/mol. The van der Waals surface area contributed by atoms with E-state index in [0.717, 1.165) is 62.6 Å². The number of benzene rings is 1. The molecule has 0 bridgehead atoms. The molecule has 1 aliphatic heterocycles. The van der Waals surface area contributed by atoms with Crippen LogP contribution in [0.4, 0.5) is 5.69 Å². The van der Waals surface area contributed by atoms with E-state index in [0.29, 0.717) is 11.4 Å². The molecule has 1 heterocycles. The zero-order valence-electron chi connectivity index (χ0n) is 15.5. The van der Waals surface area contributed by atoms with Crippen LogP contribution in [-0.4, -0.2) is 37.3 Å². The zero-order chi connectivity index (χ0) is 18.3. The van der Waals surface area contributed by atoms with Gasteiger partial charge in [-0.2, -0.15) is 4.31 Å². The highest BCUT2D eigenvalue weighted by molar-refractivity contribution is 7.89. The zero-order valence-corrected chi connectivity index (χ0v) is 16.3. The summed E-state index contributed by atoms with van der Waals surface area (Å²) in [4.78, 5) is 14.0. The Kier molecular flexibility index (Phi) is 4.82. The van der Waals surface area contributed by atoms with Crippen LogP contribution in [0.25, 0.3) is 0 Å². The highest BCUT2D eigenvalue weighted by atomic mass is 32.2. The molecule has 0 N–H and O–H groups in total. The van der Waals surface area contributed by atoms with Crippen molar-refractivity contribution >= 4 is 21.6 Å². The fourth-order valence-electron chi connectivity index (χ4n) is 4.54. The van der Waals surface area contributed by atoms with Gasteiger partial charge in [0, 0.05) is 31.2 Å². The lowest BCUT2D eigenvalue weighted by Gasteiger charge is -2.34. The van der Waals surface area contributed by atoms with Gasteiger partial charge < -0.3 is 4.90 Å². The van der Waals surface area contributed by atoms with E-state index in [1.54, 1.807) is 17.9 Å². The summed E-state index contributed by atoms with van der Waals surface area (Å²) in [7, 11) is -3.48. The second-order valence-corrected chi connectivity index (χ2v) is 9.77. The first-order valence-electron chi connectivity index (χ1n) is 9.93. The molecule has 142 valence electrons. The summed E-state index contributed by atoms with van der Waals surface area (Å²) in [6.07, 6.45) is 9.12. The SMILES string of the molecule is CC(=O)N1CCCc2cc(S(=O)(=O)N(C3CCCCC3)C3CC3)ccc21. The molecule has 1 aromatic carbocycles. The van der Waals surface area contributed by atoms with Gasteiger partial charge in [-0.3, -0.25) is 4.79 Å². The van der Waals surface area contributed by atoms with Gasteiger partial charge in [0.1, 0.15) is 0 Å². The minimum atomic E-state index is -3.48. The molecule has 3 aliphatic rings. The Morgan fingerprint density at radius 2 is 1.73 bits per heavy atom. The van der Waals surface area contributed by atoms with Gasteiger partial charge in [0.15, 0.2) is 0 Å². The van der Waals surface area contributed by atoms with Crippen molar-refractivity contribution in [3.05, 3.63) is 23.8 Å². The molecular formula is C20H28N2O3S. The van der Waals surface area contributed by atoms with E-state index in [1.165, 1.54) is 6.42 Å². The van der Waals surface area contributed by atoms with Crippen LogP contribution >= 0.6 is 0 Å². The first-order valence-corrected chi connectivity index (χ1v) is 11.4. The minimum absolute atomic E-state index is 0.0170. The molecule has 1 amide bonds. The predicted molar refractivity (Wildman–Crippen MR) is 102 cm³/mol. The van der Waals surface area contributed by atoms with Gasteiger partial charge in [0.2, 0.25) is 15.9 Å². The number of nitrogens with zero attached hydrogens (tertiary/aromatic N) is 2. The van der Waals surface area contributed by atoms with Crippen molar-refractivity contribution in [1.82, 2.24) is 4.31 Å². The largest absolute Gasteiger partial charge is 0.312 e. The van der Waals surface area contributed by atoms with Crippen LogP contribution in [0.1, 0.15) is 63.9 Å². The van der Waals surface area contributed by atoms with Crippen molar-refractivity contribution in [2.75, 3.05) is 11.4 Å². The molecule has 4 rings (SSSR count). The van der Waals surface area contributed by atoms with Crippen LogP contribution in [0.2, 0.25) is 0 Å². The maximum absolute atomic E-state index is 13.5. The Morgan fingerprint density at radius 3 is 2.38 bits per heavy atom. The van der Waals surface area contributed by atoms with Crippen molar-refractivity contribution in [3.8, 4) is 0 Å². The van der Waals surface area contributed by atoms with Crippen LogP contribution in [0.3, 0.4) is 0 Å². The number of fused-ring (bicyclic) bond motifs is 1. The predicted octanol–water partition coefficient (Wildman–Crippen LogP) is 3.47. The average molecular weight is 377 g/mol. The molecule has 2 aliphatic carbocycles. The second-order valence-electron chi connectivity index (χ2n) is 7.92. The number of sulfonamides is 1. The van der Waals surface area contributed by atoms with Crippen LogP contribution < -0.4 is 4.90 Å². The van der Waals surface area contributed by atoms with Crippen molar-refractivity contribution in [2.24, 2.45) is 0 Å². The standard InChI is InChI=1S/C20H28N2O3S/c1-15(23)21-13-5-6-16-14-19(11-12-20(16)21)26(24,25)22(18-9-10-18)17-7-3-2-4-8-17/h11-12,14,17-18H,2-10,13H2,1H3. The van der Waals surface area contributed by atoms with E-state index >= 15 is 0 Å². The number of anilines is 1. The summed E-state index contributed by atoms with van der Waals surface area (Å²) in [6.45, 7) is 2.28. The Hall–Kier alpha value is -1.40. The van der Waals surface area contributed by atoms with Crippen LogP contribution in [-0.2, 0) is 21.2 Å². The Balaban J connectivity index is 1.68. The normalized spacial score (nSPS) is 21.7. The topological polar surface area (TPSA) is 57.7 Å². The third kappa shape index (κ3) is 3.29. The fraction of sp³-hybridized carbons (Fsp3) is 0.650. The third-order valence-electron chi connectivity index (χ3n) is 5.97. The molecular weight excluding hydrogens is 348 g/mol. The summed E-state index contributed by atoms with van der Waals surface area (Å²) in [6, 6.07) is 5.69. The van der Waals surface area contributed by atoms with E-state index < -0.39 is 10.0 Å². The van der Waals surface area contributed by atoms with Gasteiger partial charge >= 0.3 is 0 Å². The molecule has 0 radical (unpaired) electrons. The maximum atomic E-state index is 13.5. The highest BCUT2D eigenvalue weighted by Crippen LogP contribution is 2.39. The van der Waals surface area contributed by atoms with Gasteiger partial charge in [-0.1, -0.05) is 19.3 Å². The lowest BCUT2D eigenvalue weighted by molar-refractivity contribution is -0.116. The number of rotatable bonds is 4. The molecule has 0 spiro atoms. The van der Waals surface area contributed by atoms with Crippen LogP contribution in [0.15, 0.2) is 23.1 Å². The van der Waals surface area contributed by atoms with E-state index in [9.17, 15) is 13.2 Å². The average Bonchev–Trinajstić information content (AvgIpc) is 3.46. The van der Waals surface area contributed by atoms with Gasteiger partial charge in [0.25, 0.3) is 0 Å².